The zero-order chi connectivity index (χ0) is 19.0. The number of rotatable bonds is 2. The van der Waals surface area contributed by atoms with Crippen LogP contribution in [0.1, 0.15) is 41.6 Å². The fraction of sp³-hybridized carbons (Fsp3) is 0.400. The van der Waals surface area contributed by atoms with Crippen molar-refractivity contribution in [3.05, 3.63) is 23.8 Å². The van der Waals surface area contributed by atoms with Crippen LogP contribution in [0.2, 0.25) is 0 Å². The highest BCUT2D eigenvalue weighted by Crippen LogP contribution is 2.30. The van der Waals surface area contributed by atoms with Crippen LogP contribution in [0, 0.1) is 35.5 Å². The predicted molar refractivity (Wildman–Crippen MR) is 100 cm³/mol. The lowest BCUT2D eigenvalue weighted by atomic mass is 9.87. The number of hydrogen-bond donors (Lipinski definition) is 2. The van der Waals surface area contributed by atoms with E-state index in [1.807, 2.05) is 18.2 Å². The van der Waals surface area contributed by atoms with E-state index in [0.29, 0.717) is 0 Å². The van der Waals surface area contributed by atoms with Crippen molar-refractivity contribution in [2.45, 2.75) is 40.0 Å². The van der Waals surface area contributed by atoms with Crippen molar-refractivity contribution < 1.29 is 21.4 Å². The van der Waals surface area contributed by atoms with Gasteiger partial charge in [-0.3, -0.25) is 10.5 Å². The Bertz CT molecular complexity index is 610. The molecule has 0 amide bonds. The molecule has 0 unspecified atom stereocenters. The molecule has 2 N–H and O–H groups in total. The first-order chi connectivity index (χ1) is 11.4. The Hall–Kier alpha value is -2.58. The van der Waals surface area contributed by atoms with Gasteiger partial charge in [-0.2, -0.15) is 0 Å². The average molecular weight is 332 g/mol. The molecule has 0 aliphatic rings. The molecular weight excluding hydrogens is 304 g/mol. The summed E-state index contributed by atoms with van der Waals surface area (Å²) in [5.41, 5.74) is 1.33. The maximum atomic E-state index is 6.00. The molecular formula is C20H28O4. The molecule has 132 valence electrons. The monoisotopic (exact) mass is 332 g/mol. The van der Waals surface area contributed by atoms with E-state index >= 15 is 0 Å². The van der Waals surface area contributed by atoms with Crippen molar-refractivity contribution in [2.75, 3.05) is 14.2 Å². The van der Waals surface area contributed by atoms with E-state index in [-0.39, 0.29) is 6.84 Å². The van der Waals surface area contributed by atoms with Gasteiger partial charge in [0.2, 0.25) is 0 Å². The standard InChI is InChI=1S/C12H18O2.C8H6.H2O2.H2/c1-12(2,3)9-6-10(13-4)8-11(7-9)14-5;1-3-5-7-8-6-4-2;1-2;/h6-8H,1-5H3;1-2H3;1-2H;1H. The lowest BCUT2D eigenvalue weighted by Gasteiger charge is -2.20. The summed E-state index contributed by atoms with van der Waals surface area (Å²) >= 11 is 0. The van der Waals surface area contributed by atoms with Crippen LogP contribution in [0.15, 0.2) is 18.2 Å². The van der Waals surface area contributed by atoms with Gasteiger partial charge < -0.3 is 9.47 Å². The van der Waals surface area contributed by atoms with E-state index in [1.54, 1.807) is 28.1 Å². The minimum Gasteiger partial charge on any atom is -0.497 e. The predicted octanol–water partition coefficient (Wildman–Crippen LogP) is 4.30. The second-order valence-corrected chi connectivity index (χ2v) is 5.35. The molecule has 4 heteroatoms. The van der Waals surface area contributed by atoms with Gasteiger partial charge >= 0.3 is 0 Å². The van der Waals surface area contributed by atoms with Crippen molar-refractivity contribution in [1.82, 2.24) is 0 Å². The summed E-state index contributed by atoms with van der Waals surface area (Å²) < 4.78 is 10.4. The molecule has 1 rings (SSSR count). The van der Waals surface area contributed by atoms with Crippen LogP contribution in [0.25, 0.3) is 0 Å². The van der Waals surface area contributed by atoms with Crippen molar-refractivity contribution in [3.8, 4) is 47.0 Å². The van der Waals surface area contributed by atoms with Gasteiger partial charge in [-0.1, -0.05) is 32.6 Å². The molecule has 0 saturated carbocycles. The number of hydrogen-bond acceptors (Lipinski definition) is 4. The number of benzene rings is 1. The molecule has 0 saturated heterocycles. The summed E-state index contributed by atoms with van der Waals surface area (Å²) in [4.78, 5) is 0. The topological polar surface area (TPSA) is 58.9 Å². The van der Waals surface area contributed by atoms with Crippen LogP contribution < -0.4 is 9.47 Å². The molecule has 0 atom stereocenters. The van der Waals surface area contributed by atoms with E-state index in [0.717, 1.165) is 11.5 Å². The van der Waals surface area contributed by atoms with Crippen molar-refractivity contribution >= 4 is 0 Å². The second kappa shape index (κ2) is 14.0. The highest BCUT2D eigenvalue weighted by atomic mass is 17.0. The minimum absolute atomic E-state index is 0. The van der Waals surface area contributed by atoms with Crippen LogP contribution in [0.3, 0.4) is 0 Å². The molecule has 4 nitrogen and oxygen atoms in total. The SMILES string of the molecule is CC#CC#CC#CC.COc1cc(OC)cc(C(C)(C)C)c1.OO.[HH]. The van der Waals surface area contributed by atoms with Gasteiger partial charge in [-0.15, -0.1) is 0 Å². The molecule has 0 bridgehead atoms. The molecule has 24 heavy (non-hydrogen) atoms. The van der Waals surface area contributed by atoms with Gasteiger partial charge in [0.05, 0.1) is 14.2 Å². The molecule has 0 heterocycles. The minimum atomic E-state index is 0. The molecule has 0 spiro atoms. The highest BCUT2D eigenvalue weighted by molar-refractivity contribution is 5.41. The molecule has 0 aliphatic heterocycles. The average Bonchev–Trinajstić information content (AvgIpc) is 2.60. The molecule has 0 radical (unpaired) electrons. The van der Waals surface area contributed by atoms with Gasteiger partial charge in [-0.25, -0.2) is 0 Å². The fourth-order valence-electron chi connectivity index (χ4n) is 1.43. The maximum Gasteiger partial charge on any atom is 0.122 e. The quantitative estimate of drug-likeness (QED) is 0.481. The Labute approximate surface area is 147 Å². The molecule has 0 aromatic heterocycles. The molecule has 0 aliphatic carbocycles. The first-order valence-electron chi connectivity index (χ1n) is 7.16. The lowest BCUT2D eigenvalue weighted by Crippen LogP contribution is -2.11. The van der Waals surface area contributed by atoms with Gasteiger partial charge in [0, 0.05) is 7.49 Å². The van der Waals surface area contributed by atoms with Crippen molar-refractivity contribution in [1.29, 1.82) is 0 Å². The lowest BCUT2D eigenvalue weighted by molar-refractivity contribution is -0.176. The van der Waals surface area contributed by atoms with Crippen LogP contribution in [0.5, 0.6) is 11.5 Å². The van der Waals surface area contributed by atoms with E-state index in [4.69, 9.17) is 20.0 Å². The van der Waals surface area contributed by atoms with Gasteiger partial charge in [0.15, 0.2) is 0 Å². The van der Waals surface area contributed by atoms with E-state index in [1.165, 1.54) is 5.56 Å². The molecule has 1 aromatic rings. The fourth-order valence-corrected chi connectivity index (χ4v) is 1.43. The Kier molecular flexibility index (Phi) is 13.9. The zero-order valence-corrected chi connectivity index (χ0v) is 15.4. The highest BCUT2D eigenvalue weighted by Gasteiger charge is 2.15. The first-order valence-corrected chi connectivity index (χ1v) is 7.16. The Morgan fingerprint density at radius 2 is 1.17 bits per heavy atom. The van der Waals surface area contributed by atoms with Crippen LogP contribution in [0.4, 0.5) is 0 Å². The summed E-state index contributed by atoms with van der Waals surface area (Å²) in [5.74, 6) is 17.2. The Balaban J connectivity index is -0.000000380. The number of methoxy groups -OCH3 is 2. The Morgan fingerprint density at radius 3 is 1.42 bits per heavy atom. The van der Waals surface area contributed by atoms with Crippen LogP contribution in [-0.4, -0.2) is 24.7 Å². The number of ether oxygens (including phenoxy) is 2. The third-order valence-corrected chi connectivity index (χ3v) is 2.65. The third kappa shape index (κ3) is 11.0. The Morgan fingerprint density at radius 1 is 0.792 bits per heavy atom. The molecule has 0 fully saturated rings. The summed E-state index contributed by atoms with van der Waals surface area (Å²) in [6.45, 7) is 9.99. The first kappa shape index (κ1) is 23.7. The normalized spacial score (nSPS) is 8.04. The van der Waals surface area contributed by atoms with Crippen LogP contribution >= 0.6 is 0 Å². The third-order valence-electron chi connectivity index (χ3n) is 2.65. The smallest absolute Gasteiger partial charge is 0.122 e. The summed E-state index contributed by atoms with van der Waals surface area (Å²) in [6, 6.07) is 5.97. The largest absolute Gasteiger partial charge is 0.497 e. The van der Waals surface area contributed by atoms with Crippen LogP contribution in [-0.2, 0) is 5.41 Å². The van der Waals surface area contributed by atoms with Gasteiger partial charge in [0.1, 0.15) is 11.5 Å². The maximum absolute atomic E-state index is 6.00. The van der Waals surface area contributed by atoms with Crippen molar-refractivity contribution in [2.24, 2.45) is 0 Å². The second-order valence-electron chi connectivity index (χ2n) is 5.35. The van der Waals surface area contributed by atoms with E-state index < -0.39 is 0 Å². The summed E-state index contributed by atoms with van der Waals surface area (Å²) in [5, 5.41) is 12.0. The van der Waals surface area contributed by atoms with Crippen molar-refractivity contribution in [3.63, 3.8) is 0 Å². The van der Waals surface area contributed by atoms with Gasteiger partial charge in [0.25, 0.3) is 0 Å². The summed E-state index contributed by atoms with van der Waals surface area (Å²) in [6.07, 6.45) is 0. The molecule has 1 aromatic carbocycles. The van der Waals surface area contributed by atoms with E-state index in [9.17, 15) is 0 Å². The van der Waals surface area contributed by atoms with Gasteiger partial charge in [-0.05, 0) is 60.6 Å². The van der Waals surface area contributed by atoms with E-state index in [2.05, 4.69) is 56.3 Å². The zero-order valence-electron chi connectivity index (χ0n) is 15.4. The summed E-state index contributed by atoms with van der Waals surface area (Å²) in [7, 11) is 3.34.